The van der Waals surface area contributed by atoms with E-state index in [-0.39, 0.29) is 28.7 Å². The highest BCUT2D eigenvalue weighted by molar-refractivity contribution is 14.1. The second-order valence-electron chi connectivity index (χ2n) is 7.66. The number of carbonyl (C=O) groups is 2. The summed E-state index contributed by atoms with van der Waals surface area (Å²) in [5.74, 6) is -1.40. The number of amides is 2. The van der Waals surface area contributed by atoms with Gasteiger partial charge in [0.05, 0.1) is 21.3 Å². The molecule has 2 amide bonds. The standard InChI is InChI=1S/C25H17FIN3O6S/c1-35-21-12-15(11-19(27)22(21)36-13-14-6-8-16(9-7-14)30(33)34)10-17-23(31)28-25(37)29(24(17)32)20-5-3-2-4-18(20)26/h2-12H,13H2,1H3,(H,28,31,37)/b17-10+. The number of anilines is 1. The summed E-state index contributed by atoms with van der Waals surface area (Å²) < 4.78 is 26.3. The summed E-state index contributed by atoms with van der Waals surface area (Å²) in [5, 5.41) is 13.0. The number of nitro groups is 1. The van der Waals surface area contributed by atoms with E-state index in [2.05, 4.69) is 5.32 Å². The maximum Gasteiger partial charge on any atom is 0.270 e. The van der Waals surface area contributed by atoms with Gasteiger partial charge in [0.2, 0.25) is 0 Å². The van der Waals surface area contributed by atoms with Gasteiger partial charge in [0.15, 0.2) is 16.6 Å². The largest absolute Gasteiger partial charge is 0.493 e. The molecule has 4 rings (SSSR count). The molecule has 1 fully saturated rings. The van der Waals surface area contributed by atoms with Crippen LogP contribution in [0.3, 0.4) is 0 Å². The van der Waals surface area contributed by atoms with Crippen LogP contribution in [0.25, 0.3) is 6.08 Å². The van der Waals surface area contributed by atoms with E-state index in [4.69, 9.17) is 21.7 Å². The zero-order chi connectivity index (χ0) is 26.7. The van der Waals surface area contributed by atoms with Crippen molar-refractivity contribution in [2.45, 2.75) is 6.61 Å². The average molecular weight is 633 g/mol. The van der Waals surface area contributed by atoms with Crippen molar-refractivity contribution in [1.82, 2.24) is 5.32 Å². The van der Waals surface area contributed by atoms with Crippen LogP contribution in [0.15, 0.2) is 66.2 Å². The fourth-order valence-electron chi connectivity index (χ4n) is 3.51. The van der Waals surface area contributed by atoms with Crippen molar-refractivity contribution < 1.29 is 28.4 Å². The van der Waals surface area contributed by atoms with Crippen LogP contribution in [0.5, 0.6) is 11.5 Å². The molecule has 1 aliphatic heterocycles. The molecule has 12 heteroatoms. The number of non-ortho nitro benzene ring substituents is 1. The van der Waals surface area contributed by atoms with Crippen molar-refractivity contribution in [3.05, 3.63) is 96.9 Å². The third-order valence-electron chi connectivity index (χ3n) is 5.29. The SMILES string of the molecule is COc1cc(/C=C2\C(=O)NC(=S)N(c3ccccc3F)C2=O)cc(I)c1OCc1ccc([N+](=O)[O-])cc1. The minimum Gasteiger partial charge on any atom is -0.493 e. The minimum absolute atomic E-state index is 0.0241. The zero-order valence-corrected chi connectivity index (χ0v) is 22.0. The van der Waals surface area contributed by atoms with Crippen LogP contribution in [-0.2, 0) is 16.2 Å². The Morgan fingerprint density at radius 1 is 1.16 bits per heavy atom. The highest BCUT2D eigenvalue weighted by atomic mass is 127. The van der Waals surface area contributed by atoms with Gasteiger partial charge in [-0.3, -0.25) is 25.0 Å². The Morgan fingerprint density at radius 2 is 1.86 bits per heavy atom. The molecule has 0 saturated carbocycles. The molecule has 0 spiro atoms. The lowest BCUT2D eigenvalue weighted by Gasteiger charge is -2.29. The van der Waals surface area contributed by atoms with Crippen molar-refractivity contribution in [1.29, 1.82) is 0 Å². The third kappa shape index (κ3) is 5.59. The Labute approximate surface area is 229 Å². The molecule has 188 valence electrons. The monoisotopic (exact) mass is 633 g/mol. The number of carbonyl (C=O) groups excluding carboxylic acids is 2. The number of hydrogen-bond donors (Lipinski definition) is 1. The van der Waals surface area contributed by atoms with Crippen LogP contribution in [0.2, 0.25) is 0 Å². The number of hydrogen-bond acceptors (Lipinski definition) is 7. The molecule has 0 atom stereocenters. The Hall–Kier alpha value is -3.91. The number of rotatable bonds is 7. The lowest BCUT2D eigenvalue weighted by Crippen LogP contribution is -2.54. The molecule has 1 heterocycles. The van der Waals surface area contributed by atoms with Crippen LogP contribution in [0, 0.1) is 19.5 Å². The molecule has 1 aliphatic rings. The van der Waals surface area contributed by atoms with Gasteiger partial charge in [-0.05, 0) is 88.4 Å². The van der Waals surface area contributed by atoms with Gasteiger partial charge < -0.3 is 9.47 Å². The van der Waals surface area contributed by atoms with Crippen molar-refractivity contribution in [2.75, 3.05) is 12.0 Å². The van der Waals surface area contributed by atoms with Gasteiger partial charge in [-0.25, -0.2) is 9.29 Å². The van der Waals surface area contributed by atoms with Crippen LogP contribution in [0.1, 0.15) is 11.1 Å². The van der Waals surface area contributed by atoms with E-state index >= 15 is 0 Å². The van der Waals surface area contributed by atoms with E-state index in [1.165, 1.54) is 43.5 Å². The smallest absolute Gasteiger partial charge is 0.270 e. The van der Waals surface area contributed by atoms with Crippen LogP contribution < -0.4 is 19.7 Å². The van der Waals surface area contributed by atoms with Gasteiger partial charge in [0.1, 0.15) is 18.0 Å². The van der Waals surface area contributed by atoms with E-state index in [0.29, 0.717) is 26.2 Å². The number of nitrogens with zero attached hydrogens (tertiary/aromatic N) is 2. The van der Waals surface area contributed by atoms with E-state index < -0.39 is 22.6 Å². The maximum absolute atomic E-state index is 14.4. The predicted octanol–water partition coefficient (Wildman–Crippen LogP) is 4.76. The molecule has 1 N–H and O–H groups in total. The first-order valence-corrected chi connectivity index (χ1v) is 12.1. The lowest BCUT2D eigenvalue weighted by molar-refractivity contribution is -0.384. The topological polar surface area (TPSA) is 111 Å². The molecule has 37 heavy (non-hydrogen) atoms. The molecule has 0 aliphatic carbocycles. The molecule has 3 aromatic carbocycles. The van der Waals surface area contributed by atoms with Gasteiger partial charge in [-0.2, -0.15) is 0 Å². The molecule has 0 bridgehead atoms. The van der Waals surface area contributed by atoms with Gasteiger partial charge in [0.25, 0.3) is 17.5 Å². The lowest BCUT2D eigenvalue weighted by atomic mass is 10.1. The fourth-order valence-corrected chi connectivity index (χ4v) is 4.56. The average Bonchev–Trinajstić information content (AvgIpc) is 2.87. The van der Waals surface area contributed by atoms with Crippen LogP contribution in [-0.4, -0.2) is 29.0 Å². The molecule has 3 aromatic rings. The molecule has 9 nitrogen and oxygen atoms in total. The highest BCUT2D eigenvalue weighted by Crippen LogP contribution is 2.36. The number of nitro benzene ring substituents is 1. The van der Waals surface area contributed by atoms with Gasteiger partial charge in [-0.15, -0.1) is 0 Å². The number of ether oxygens (including phenoxy) is 2. The molecule has 1 saturated heterocycles. The first-order valence-electron chi connectivity index (χ1n) is 10.6. The van der Waals surface area contributed by atoms with Crippen molar-refractivity contribution >= 4 is 69.2 Å². The number of benzene rings is 3. The first kappa shape index (κ1) is 26.2. The summed E-state index contributed by atoms with van der Waals surface area (Å²) >= 11 is 7.14. The third-order valence-corrected chi connectivity index (χ3v) is 6.37. The maximum atomic E-state index is 14.4. The number of halogens is 2. The van der Waals surface area contributed by atoms with E-state index in [1.54, 1.807) is 30.3 Å². The zero-order valence-electron chi connectivity index (χ0n) is 19.1. The summed E-state index contributed by atoms with van der Waals surface area (Å²) in [4.78, 5) is 37.1. The summed E-state index contributed by atoms with van der Waals surface area (Å²) in [6.45, 7) is 0.126. The van der Waals surface area contributed by atoms with Crippen molar-refractivity contribution in [2.24, 2.45) is 0 Å². The van der Waals surface area contributed by atoms with E-state index in [0.717, 1.165) is 4.90 Å². The highest BCUT2D eigenvalue weighted by Gasteiger charge is 2.35. The summed E-state index contributed by atoms with van der Waals surface area (Å²) in [6, 6.07) is 14.8. The number of nitrogens with one attached hydrogen (secondary N) is 1. The Balaban J connectivity index is 1.62. The molecule has 0 aromatic heterocycles. The Bertz CT molecular complexity index is 1460. The van der Waals surface area contributed by atoms with Gasteiger partial charge in [0, 0.05) is 12.1 Å². The molecular formula is C25H17FIN3O6S. The predicted molar refractivity (Wildman–Crippen MR) is 146 cm³/mol. The number of methoxy groups -OCH3 is 1. The molecule has 0 radical (unpaired) electrons. The molecular weight excluding hydrogens is 616 g/mol. The van der Waals surface area contributed by atoms with E-state index in [9.17, 15) is 24.1 Å². The fraction of sp³-hybridized carbons (Fsp3) is 0.0800. The van der Waals surface area contributed by atoms with Crippen LogP contribution >= 0.6 is 34.8 Å². The normalized spacial score (nSPS) is 14.5. The molecule has 0 unspecified atom stereocenters. The van der Waals surface area contributed by atoms with Crippen molar-refractivity contribution in [3.63, 3.8) is 0 Å². The van der Waals surface area contributed by atoms with Gasteiger partial charge >= 0.3 is 0 Å². The van der Waals surface area contributed by atoms with Crippen LogP contribution in [0.4, 0.5) is 15.8 Å². The summed E-state index contributed by atoms with van der Waals surface area (Å²) in [5.41, 5.74) is 0.829. The Kier molecular flexibility index (Phi) is 7.78. The minimum atomic E-state index is -0.772. The number of para-hydroxylation sites is 1. The number of thiocarbonyl (C=S) groups is 1. The van der Waals surface area contributed by atoms with Gasteiger partial charge in [-0.1, -0.05) is 12.1 Å². The second kappa shape index (κ2) is 11.0. The van der Waals surface area contributed by atoms with E-state index in [1.807, 2.05) is 22.6 Å². The second-order valence-corrected chi connectivity index (χ2v) is 9.20. The first-order chi connectivity index (χ1) is 17.7. The Morgan fingerprint density at radius 3 is 2.51 bits per heavy atom. The summed E-state index contributed by atoms with van der Waals surface area (Å²) in [7, 11) is 1.44. The quantitative estimate of drug-likeness (QED) is 0.0999. The van der Waals surface area contributed by atoms with Crippen molar-refractivity contribution in [3.8, 4) is 11.5 Å². The summed E-state index contributed by atoms with van der Waals surface area (Å²) in [6.07, 6.45) is 1.36.